The second-order valence-electron chi connectivity index (χ2n) is 13.9. The molecule has 0 aliphatic carbocycles. The lowest BCUT2D eigenvalue weighted by molar-refractivity contribution is 0.0467. The molecule has 0 bridgehead atoms. The molecule has 0 aliphatic rings. The zero-order valence-corrected chi connectivity index (χ0v) is 34.8. The summed E-state index contributed by atoms with van der Waals surface area (Å²) in [5.41, 5.74) is 4.69. The number of ether oxygens (including phenoxy) is 2. The zero-order valence-electron chi connectivity index (χ0n) is 32.1. The van der Waals surface area contributed by atoms with Crippen LogP contribution in [0.2, 0.25) is 5.02 Å². The summed E-state index contributed by atoms with van der Waals surface area (Å²) in [7, 11) is 1.98. The summed E-state index contributed by atoms with van der Waals surface area (Å²) in [4.78, 5) is 15.2. The average Bonchev–Trinajstić information content (AvgIpc) is 3.28. The van der Waals surface area contributed by atoms with E-state index in [1.54, 1.807) is 46.8 Å². The Morgan fingerprint density at radius 1 is 0.650 bits per heavy atom. The van der Waals surface area contributed by atoms with Gasteiger partial charge in [0.05, 0.1) is 4.90 Å². The van der Waals surface area contributed by atoms with E-state index in [0.29, 0.717) is 23.0 Å². The van der Waals surface area contributed by atoms with Crippen LogP contribution in [0.5, 0.6) is 5.75 Å². The number of anilines is 1. The largest absolute Gasteiger partial charge is 0.488 e. The van der Waals surface area contributed by atoms with Crippen LogP contribution in [0.1, 0.15) is 32.6 Å². The highest BCUT2D eigenvalue weighted by Crippen LogP contribution is 2.35. The first-order chi connectivity index (χ1) is 29.0. The summed E-state index contributed by atoms with van der Waals surface area (Å²) < 4.78 is 72.9. The molecule has 5 nitrogen and oxygen atoms in total. The molecule has 0 heterocycles. The molecule has 0 spiro atoms. The standard InChI is InChI=1S/C48H38ClF4N2O3PS/c1-31(26-54(27-32-17-20-38(49)21-18-32)60-47-45(53)43(51)42(50)44(52)46(47)59)55(28-35-16-19-36-14-8-9-15-37(36)24-35)39-22-23-40(48(56)58-30-34-12-6-3-7-13-34)41(25-39)57-29-33-10-4-2-5-11-33/h2-25H,1,26-30,59H2. The number of esters is 1. The Morgan fingerprint density at radius 3 is 1.97 bits per heavy atom. The molecule has 1 atom stereocenters. The van der Waals surface area contributed by atoms with E-state index in [4.69, 9.17) is 21.1 Å². The van der Waals surface area contributed by atoms with Gasteiger partial charge >= 0.3 is 5.97 Å². The molecule has 304 valence electrons. The summed E-state index contributed by atoms with van der Waals surface area (Å²) in [5.74, 6) is -7.13. The van der Waals surface area contributed by atoms with Gasteiger partial charge in [0.15, 0.2) is 23.3 Å². The van der Waals surface area contributed by atoms with Gasteiger partial charge in [0, 0.05) is 47.4 Å². The van der Waals surface area contributed by atoms with Gasteiger partial charge in [-0.1, -0.05) is 127 Å². The Hall–Kier alpha value is -5.64. The molecule has 0 aliphatic heterocycles. The Bertz CT molecular complexity index is 2610. The van der Waals surface area contributed by atoms with Crippen molar-refractivity contribution >= 4 is 60.5 Å². The molecule has 0 aromatic heterocycles. The number of benzene rings is 7. The van der Waals surface area contributed by atoms with E-state index in [1.807, 2.05) is 111 Å². The molecule has 0 fully saturated rings. The molecule has 60 heavy (non-hydrogen) atoms. The van der Waals surface area contributed by atoms with Crippen molar-refractivity contribution in [3.63, 3.8) is 0 Å². The van der Waals surface area contributed by atoms with Crippen molar-refractivity contribution < 1.29 is 31.8 Å². The van der Waals surface area contributed by atoms with Crippen molar-refractivity contribution in [1.82, 2.24) is 4.31 Å². The van der Waals surface area contributed by atoms with Crippen molar-refractivity contribution in [3.8, 4) is 5.75 Å². The summed E-state index contributed by atoms with van der Waals surface area (Å²) in [6.45, 7) is 5.16. The molecule has 0 radical (unpaired) electrons. The highest BCUT2D eigenvalue weighted by Gasteiger charge is 2.27. The zero-order chi connectivity index (χ0) is 42.2. The van der Waals surface area contributed by atoms with Crippen LogP contribution in [-0.2, 0) is 31.0 Å². The topological polar surface area (TPSA) is 42.0 Å². The van der Waals surface area contributed by atoms with Gasteiger partial charge in [-0.25, -0.2) is 26.7 Å². The molecule has 0 saturated carbocycles. The lowest BCUT2D eigenvalue weighted by Crippen LogP contribution is -2.30. The molecule has 0 saturated heterocycles. The number of fused-ring (bicyclic) bond motifs is 1. The average molecular weight is 865 g/mol. The summed E-state index contributed by atoms with van der Waals surface area (Å²) in [6.07, 6.45) is 0. The minimum absolute atomic E-state index is 0.0200. The summed E-state index contributed by atoms with van der Waals surface area (Å²) in [5, 5.41) is 2.13. The number of carbonyl (C=O) groups excluding carboxylic acids is 1. The van der Waals surface area contributed by atoms with Gasteiger partial charge in [-0.3, -0.25) is 0 Å². The third kappa shape index (κ3) is 10.4. The molecular weight excluding hydrogens is 827 g/mol. The van der Waals surface area contributed by atoms with Crippen molar-refractivity contribution in [2.24, 2.45) is 0 Å². The van der Waals surface area contributed by atoms with Crippen molar-refractivity contribution in [2.45, 2.75) is 31.2 Å². The highest BCUT2D eigenvalue weighted by molar-refractivity contribution is 7.97. The van der Waals surface area contributed by atoms with E-state index < -0.39 is 39.4 Å². The molecule has 7 aromatic rings. The molecule has 0 amide bonds. The summed E-state index contributed by atoms with van der Waals surface area (Å²) >= 11 is 6.90. The minimum atomic E-state index is -1.91. The van der Waals surface area contributed by atoms with E-state index >= 15 is 4.39 Å². The number of nitrogens with zero attached hydrogens (tertiary/aromatic N) is 2. The first kappa shape index (κ1) is 42.5. The third-order valence-electron chi connectivity index (χ3n) is 9.59. The predicted octanol–water partition coefficient (Wildman–Crippen LogP) is 12.2. The second-order valence-corrected chi connectivity index (χ2v) is 16.0. The Kier molecular flexibility index (Phi) is 13.9. The number of hydrogen-bond donors (Lipinski definition) is 0. The normalized spacial score (nSPS) is 11.2. The Labute approximate surface area is 357 Å². The maximum Gasteiger partial charge on any atom is 0.342 e. The van der Waals surface area contributed by atoms with E-state index in [1.165, 1.54) is 0 Å². The van der Waals surface area contributed by atoms with Gasteiger partial charge in [0.2, 0.25) is 0 Å². The maximum absolute atomic E-state index is 15.4. The molecular formula is C48H38ClF4N2O3PS. The summed E-state index contributed by atoms with van der Waals surface area (Å²) in [6, 6.07) is 45.0. The van der Waals surface area contributed by atoms with Crippen LogP contribution in [-0.4, -0.2) is 16.8 Å². The highest BCUT2D eigenvalue weighted by atomic mass is 35.5. The van der Waals surface area contributed by atoms with Crippen molar-refractivity contribution in [1.29, 1.82) is 0 Å². The van der Waals surface area contributed by atoms with E-state index in [2.05, 4.69) is 12.6 Å². The SMILES string of the molecule is C=C(CN(Cc1ccc(Cl)cc1)Sc1c(F)c(F)c(F)c(F)c1P)N(Cc1ccc2ccccc2c1)c1ccc(C(=O)OCc2ccccc2)c(OCc2ccccc2)c1. The molecule has 7 rings (SSSR count). The van der Waals surface area contributed by atoms with Gasteiger partial charge in [0.25, 0.3) is 0 Å². The van der Waals surface area contributed by atoms with Gasteiger partial charge < -0.3 is 14.4 Å². The fourth-order valence-corrected chi connectivity index (χ4v) is 8.04. The Balaban J connectivity index is 1.27. The van der Waals surface area contributed by atoms with Gasteiger partial charge in [-0.05, 0) is 75.3 Å². The fraction of sp³-hybridized carbons (Fsp3) is 0.104. The predicted molar refractivity (Wildman–Crippen MR) is 235 cm³/mol. The quantitative estimate of drug-likeness (QED) is 0.0241. The third-order valence-corrected chi connectivity index (χ3v) is 11.7. The lowest BCUT2D eigenvalue weighted by Gasteiger charge is -2.32. The van der Waals surface area contributed by atoms with Crippen LogP contribution < -0.4 is 14.9 Å². The van der Waals surface area contributed by atoms with Crippen LogP contribution >= 0.6 is 32.8 Å². The van der Waals surface area contributed by atoms with E-state index in [-0.39, 0.29) is 37.6 Å². The Morgan fingerprint density at radius 2 is 1.27 bits per heavy atom. The smallest absolute Gasteiger partial charge is 0.342 e. The van der Waals surface area contributed by atoms with Crippen LogP contribution in [0.15, 0.2) is 163 Å². The van der Waals surface area contributed by atoms with Gasteiger partial charge in [0.1, 0.15) is 24.5 Å². The van der Waals surface area contributed by atoms with Gasteiger partial charge in [-0.15, -0.1) is 9.24 Å². The van der Waals surface area contributed by atoms with Crippen LogP contribution in [0.4, 0.5) is 23.2 Å². The molecule has 1 unspecified atom stereocenters. The number of rotatable bonds is 16. The maximum atomic E-state index is 15.4. The first-order valence-corrected chi connectivity index (χ1v) is 20.5. The molecule has 0 N–H and O–H groups in total. The second kappa shape index (κ2) is 19.6. The number of halogens is 5. The number of carbonyl (C=O) groups is 1. The van der Waals surface area contributed by atoms with Crippen LogP contribution in [0.25, 0.3) is 10.8 Å². The van der Waals surface area contributed by atoms with Crippen molar-refractivity contribution in [3.05, 3.63) is 214 Å². The lowest BCUT2D eigenvalue weighted by atomic mass is 10.1. The van der Waals surface area contributed by atoms with Crippen LogP contribution in [0, 0.1) is 23.3 Å². The van der Waals surface area contributed by atoms with Crippen LogP contribution in [0.3, 0.4) is 0 Å². The van der Waals surface area contributed by atoms with Crippen molar-refractivity contribution in [2.75, 3.05) is 11.4 Å². The number of hydrogen-bond acceptors (Lipinski definition) is 6. The minimum Gasteiger partial charge on any atom is -0.488 e. The molecule has 7 aromatic carbocycles. The van der Waals surface area contributed by atoms with E-state index in [0.717, 1.165) is 45.0 Å². The van der Waals surface area contributed by atoms with Gasteiger partial charge in [-0.2, -0.15) is 0 Å². The monoisotopic (exact) mass is 864 g/mol. The fourth-order valence-electron chi connectivity index (χ4n) is 6.46. The first-order valence-electron chi connectivity index (χ1n) is 18.8. The van der Waals surface area contributed by atoms with E-state index in [9.17, 15) is 18.0 Å². The molecule has 12 heteroatoms.